The average molecular weight is 1110 g/mol. The Bertz CT molecular complexity index is 3560. The third-order valence-corrected chi connectivity index (χ3v) is 13.6. The number of nitrogens with zero attached hydrogens (tertiary/aromatic N) is 4. The highest BCUT2D eigenvalue weighted by molar-refractivity contribution is 7.95. The van der Waals surface area contributed by atoms with Crippen LogP contribution in [-0.2, 0) is 39.0 Å². The summed E-state index contributed by atoms with van der Waals surface area (Å²) in [6.45, 7) is 0. The fraction of sp³-hybridized carbons (Fsp3) is 0. The highest BCUT2D eigenvalue weighted by Crippen LogP contribution is 2.49. The van der Waals surface area contributed by atoms with Crippen LogP contribution in [0.25, 0.3) is 21.5 Å². The normalized spacial score (nSPS) is 12.1. The van der Waals surface area contributed by atoms with Gasteiger partial charge in [-0.25, -0.2) is 10.5 Å². The van der Waals surface area contributed by atoms with E-state index in [-0.39, 0.29) is 103 Å². The van der Waals surface area contributed by atoms with E-state index in [0.717, 1.165) is 18.2 Å². The van der Waals surface area contributed by atoms with Crippen molar-refractivity contribution in [3.63, 3.8) is 0 Å². The highest BCUT2D eigenvalue weighted by Gasteiger charge is 2.27. The van der Waals surface area contributed by atoms with Gasteiger partial charge in [-0.15, -0.1) is 18.9 Å². The number of phenolic OH excluding ortho intramolecular Hbond substituents is 2. The van der Waals surface area contributed by atoms with Gasteiger partial charge >= 0.3 is 0 Å². The Kier molecular flexibility index (Phi) is 16.1. The number of halogens is 4. The number of rotatable bonds is 16. The Morgan fingerprint density at radius 1 is 0.586 bits per heavy atom. The molecule has 0 heterocycles. The number of fused-ring (bicyclic) bond motifs is 2. The third kappa shape index (κ3) is 11.7. The molecule has 0 aliphatic carbocycles. The third-order valence-electron chi connectivity index (χ3n) is 9.39. The molecule has 8 N–H and O–H groups in total. The number of amides is 2. The van der Waals surface area contributed by atoms with E-state index in [1.165, 1.54) is 78.9 Å². The molecule has 362 valence electrons. The Hall–Kier alpha value is -5.76. The molecule has 2 amide bonds. The van der Waals surface area contributed by atoms with Crippen LogP contribution < -0.4 is 10.6 Å². The summed E-state index contributed by atoms with van der Waals surface area (Å²) in [5, 5.41) is 68.8. The molecule has 0 saturated heterocycles. The van der Waals surface area contributed by atoms with Crippen molar-refractivity contribution in [3.8, 4) is 11.5 Å². The zero-order valence-electron chi connectivity index (χ0n) is 33.9. The summed E-state index contributed by atoms with van der Waals surface area (Å²) in [5.74, 6) is -3.30. The van der Waals surface area contributed by atoms with Gasteiger partial charge in [0.25, 0.3) is 32.1 Å². The minimum absolute atomic E-state index is 0.00543. The van der Waals surface area contributed by atoms with Crippen LogP contribution in [0.1, 0.15) is 20.7 Å². The standard InChI is InChI=1S/C40H24Cl4N6O16S4/c41-19-4-9-24(27(43)14-19)39(53)46-29-16-23(69(57,58)59)11-18-12-30(68-66-64-56)35(37(51)33(18)29)49-47-20-5-7-21(8-6-20)48-50-36-31(70(60,61)62)13-17-10-22(67-65-63-55)15-28(32(17)38(36)52)45-40(54)25-2-1-3-26(42)34(25)44/h1-16,51-52,55-56H,(H,45,54)(H,46,53)(H,57,58,59)(H,60,61,62). The number of anilines is 2. The second kappa shape index (κ2) is 21.7. The molecule has 7 rings (SSSR count). The zero-order chi connectivity index (χ0) is 50.7. The van der Waals surface area contributed by atoms with Crippen molar-refractivity contribution in [2.45, 2.75) is 19.6 Å². The van der Waals surface area contributed by atoms with E-state index >= 15 is 0 Å². The van der Waals surface area contributed by atoms with E-state index in [2.05, 4.69) is 49.8 Å². The van der Waals surface area contributed by atoms with Gasteiger partial charge in [0.15, 0.2) is 11.5 Å². The lowest BCUT2D eigenvalue weighted by Crippen LogP contribution is -2.13. The minimum Gasteiger partial charge on any atom is -0.505 e. The molecule has 0 spiro atoms. The summed E-state index contributed by atoms with van der Waals surface area (Å²) in [6.07, 6.45) is 0. The number of hydrogen-bond donors (Lipinski definition) is 8. The SMILES string of the molecule is O=C(Nc1cc(S(=O)(=O)O)cc2cc(SOOO)c(N=Nc3ccc(N=Nc4c(S(=O)(=O)O)cc5cc(SOOO)cc(NC(=O)c6cccc(Cl)c6Cl)c5c4O)cc3)c(O)c12)c1ccc(Cl)cc1Cl. The molecule has 0 aliphatic heterocycles. The molecular formula is C40H24Cl4N6O16S4. The second-order valence-corrected chi connectivity index (χ2v) is 19.7. The second-order valence-electron chi connectivity index (χ2n) is 13.7. The van der Waals surface area contributed by atoms with E-state index in [4.69, 9.17) is 56.9 Å². The molecule has 30 heteroatoms. The first-order chi connectivity index (χ1) is 33.2. The Morgan fingerprint density at radius 3 is 1.76 bits per heavy atom. The van der Waals surface area contributed by atoms with Crippen molar-refractivity contribution in [1.29, 1.82) is 0 Å². The molecule has 0 fully saturated rings. The van der Waals surface area contributed by atoms with Gasteiger partial charge in [0, 0.05) is 20.7 Å². The maximum Gasteiger partial charge on any atom is 0.296 e. The molecule has 7 aromatic carbocycles. The van der Waals surface area contributed by atoms with Crippen LogP contribution in [0.4, 0.5) is 34.1 Å². The van der Waals surface area contributed by atoms with Crippen LogP contribution in [0.2, 0.25) is 20.1 Å². The van der Waals surface area contributed by atoms with Crippen molar-refractivity contribution in [2.24, 2.45) is 20.5 Å². The summed E-state index contributed by atoms with van der Waals surface area (Å²) in [4.78, 5) is 25.1. The molecule has 22 nitrogen and oxygen atoms in total. The molecule has 0 radical (unpaired) electrons. The lowest BCUT2D eigenvalue weighted by molar-refractivity contribution is -0.432. The van der Waals surface area contributed by atoms with Gasteiger partial charge in [-0.1, -0.05) is 62.5 Å². The van der Waals surface area contributed by atoms with Gasteiger partial charge in [-0.3, -0.25) is 18.7 Å². The minimum atomic E-state index is -5.16. The monoisotopic (exact) mass is 1110 g/mol. The zero-order valence-corrected chi connectivity index (χ0v) is 40.2. The van der Waals surface area contributed by atoms with E-state index < -0.39 is 59.0 Å². The summed E-state index contributed by atoms with van der Waals surface area (Å²) >= 11 is 25.2. The first-order valence-electron chi connectivity index (χ1n) is 18.6. The summed E-state index contributed by atoms with van der Waals surface area (Å²) in [7, 11) is -10.1. The predicted molar refractivity (Wildman–Crippen MR) is 256 cm³/mol. The Labute approximate surface area is 421 Å². The van der Waals surface area contributed by atoms with Crippen molar-refractivity contribution >= 4 is 158 Å². The van der Waals surface area contributed by atoms with Crippen molar-refractivity contribution < 1.29 is 75.0 Å². The van der Waals surface area contributed by atoms with E-state index in [0.29, 0.717) is 12.0 Å². The fourth-order valence-electron chi connectivity index (χ4n) is 6.41. The lowest BCUT2D eigenvalue weighted by Gasteiger charge is -2.15. The topological polar surface area (TPSA) is 334 Å². The van der Waals surface area contributed by atoms with Crippen LogP contribution in [0, 0.1) is 0 Å². The van der Waals surface area contributed by atoms with Crippen molar-refractivity contribution in [2.75, 3.05) is 10.6 Å². The van der Waals surface area contributed by atoms with Gasteiger partial charge in [0.05, 0.1) is 82.8 Å². The van der Waals surface area contributed by atoms with Gasteiger partial charge in [0.1, 0.15) is 16.3 Å². The van der Waals surface area contributed by atoms with Gasteiger partial charge in [-0.2, -0.15) is 27.1 Å². The van der Waals surface area contributed by atoms with E-state index in [1.54, 1.807) is 0 Å². The number of aromatic hydroxyl groups is 2. The molecule has 7 aromatic rings. The first-order valence-corrected chi connectivity index (χ1v) is 24.4. The molecular weight excluding hydrogens is 1090 g/mol. The van der Waals surface area contributed by atoms with E-state index in [1.807, 2.05) is 0 Å². The summed E-state index contributed by atoms with van der Waals surface area (Å²) in [5.41, 5.74) is -1.78. The van der Waals surface area contributed by atoms with Gasteiger partial charge in [-0.05, 0) is 102 Å². The largest absolute Gasteiger partial charge is 0.505 e. The average Bonchev–Trinajstić information content (AvgIpc) is 3.29. The number of carbonyl (C=O) groups is 2. The number of phenols is 2. The maximum absolute atomic E-state index is 13.4. The van der Waals surface area contributed by atoms with Crippen LogP contribution in [-0.4, -0.2) is 58.5 Å². The Balaban J connectivity index is 1.26. The molecule has 0 saturated carbocycles. The number of hydrogen-bond acceptors (Lipinski definition) is 20. The quantitative estimate of drug-likeness (QED) is 0.0146. The number of nitrogens with one attached hydrogen (secondary N) is 2. The van der Waals surface area contributed by atoms with Crippen LogP contribution in [0.3, 0.4) is 0 Å². The molecule has 0 unspecified atom stereocenters. The lowest BCUT2D eigenvalue weighted by atomic mass is 10.1. The van der Waals surface area contributed by atoms with Gasteiger partial charge < -0.3 is 20.8 Å². The molecule has 0 aliphatic rings. The number of benzene rings is 7. The van der Waals surface area contributed by atoms with Crippen LogP contribution >= 0.6 is 70.5 Å². The smallest absolute Gasteiger partial charge is 0.296 e. The number of carbonyl (C=O) groups excluding carboxylic acids is 2. The van der Waals surface area contributed by atoms with E-state index in [9.17, 15) is 45.7 Å². The van der Waals surface area contributed by atoms with Gasteiger partial charge in [0.2, 0.25) is 0 Å². The fourth-order valence-corrected chi connectivity index (χ4v) is 9.43. The first kappa shape index (κ1) is 52.1. The Morgan fingerprint density at radius 2 is 1.16 bits per heavy atom. The molecule has 0 atom stereocenters. The highest BCUT2D eigenvalue weighted by atomic mass is 35.5. The predicted octanol–water partition coefficient (Wildman–Crippen LogP) is 12.7. The van der Waals surface area contributed by atoms with Crippen LogP contribution in [0.5, 0.6) is 11.5 Å². The number of azo groups is 2. The molecule has 0 bridgehead atoms. The van der Waals surface area contributed by atoms with Crippen molar-refractivity contribution in [1.82, 2.24) is 0 Å². The maximum atomic E-state index is 13.4. The van der Waals surface area contributed by atoms with Crippen molar-refractivity contribution in [3.05, 3.63) is 128 Å². The summed E-state index contributed by atoms with van der Waals surface area (Å²) in [6, 6.07) is 19.9. The molecule has 70 heavy (non-hydrogen) atoms. The summed E-state index contributed by atoms with van der Waals surface area (Å²) < 4.78 is 79.1. The molecule has 0 aromatic heterocycles. The van der Waals surface area contributed by atoms with Crippen LogP contribution in [0.15, 0.2) is 137 Å².